The van der Waals surface area contributed by atoms with E-state index in [4.69, 9.17) is 37.4 Å². The van der Waals surface area contributed by atoms with Crippen LogP contribution in [0.4, 0.5) is 11.4 Å². The molecule has 0 fully saturated rings. The van der Waals surface area contributed by atoms with Crippen LogP contribution in [0.1, 0.15) is 11.1 Å². The van der Waals surface area contributed by atoms with Crippen molar-refractivity contribution < 1.29 is 23.9 Å². The van der Waals surface area contributed by atoms with E-state index in [1.807, 2.05) is 6.07 Å². The number of anilines is 1. The summed E-state index contributed by atoms with van der Waals surface area (Å²) in [4.78, 5) is 23.5. The number of methoxy groups -OCH3 is 2. The van der Waals surface area contributed by atoms with Crippen molar-refractivity contribution in [1.29, 1.82) is 5.26 Å². The number of carbonyl (C=O) groups excluding carboxylic acids is 1. The van der Waals surface area contributed by atoms with Gasteiger partial charge < -0.3 is 19.5 Å². The Kier molecular flexibility index (Phi) is 8.73. The van der Waals surface area contributed by atoms with Gasteiger partial charge in [0.2, 0.25) is 0 Å². The monoisotopic (exact) mass is 527 g/mol. The summed E-state index contributed by atoms with van der Waals surface area (Å²) in [6.45, 7) is 0.0504. The van der Waals surface area contributed by atoms with Gasteiger partial charge >= 0.3 is 0 Å². The van der Waals surface area contributed by atoms with Gasteiger partial charge in [-0.1, -0.05) is 35.3 Å². The second-order valence-electron chi connectivity index (χ2n) is 7.16. The lowest BCUT2D eigenvalue weighted by atomic mass is 10.1. The third-order valence-corrected chi connectivity index (χ3v) is 5.66. The van der Waals surface area contributed by atoms with Crippen LogP contribution in [0.2, 0.25) is 10.0 Å². The van der Waals surface area contributed by atoms with Crippen LogP contribution in [0.5, 0.6) is 17.2 Å². The molecule has 0 saturated heterocycles. The number of amides is 1. The van der Waals surface area contributed by atoms with Gasteiger partial charge in [0.25, 0.3) is 11.6 Å². The smallest absolute Gasteiger partial charge is 0.296 e. The predicted octanol–water partition coefficient (Wildman–Crippen LogP) is 6.04. The van der Waals surface area contributed by atoms with Gasteiger partial charge in [-0.25, -0.2) is 0 Å². The molecule has 3 aromatic rings. The summed E-state index contributed by atoms with van der Waals surface area (Å²) in [5, 5.41) is 24.2. The molecule has 11 heteroatoms. The Morgan fingerprint density at radius 1 is 1.08 bits per heavy atom. The standard InChI is InChI=1S/C25H19Cl2N3O6/c1-34-17-7-8-21(22(12-17)30(32)33)29-25(31)16(13-28)10-15-6-9-23(35-2)24(11-15)36-14-18-19(26)4-3-5-20(18)27/h3-12H,14H2,1-2H3,(H,29,31)/b16-10+. The van der Waals surface area contributed by atoms with E-state index in [1.54, 1.807) is 36.4 Å². The molecule has 0 unspecified atom stereocenters. The summed E-state index contributed by atoms with van der Waals surface area (Å²) < 4.78 is 16.2. The lowest BCUT2D eigenvalue weighted by Crippen LogP contribution is -2.14. The summed E-state index contributed by atoms with van der Waals surface area (Å²) in [7, 11) is 2.83. The molecule has 1 N–H and O–H groups in total. The molecular formula is C25H19Cl2N3O6. The van der Waals surface area contributed by atoms with Crippen LogP contribution < -0.4 is 19.5 Å². The van der Waals surface area contributed by atoms with E-state index in [0.717, 1.165) is 0 Å². The molecule has 0 atom stereocenters. The van der Waals surface area contributed by atoms with E-state index in [2.05, 4.69) is 5.32 Å². The number of ether oxygens (including phenoxy) is 3. The zero-order valence-corrected chi connectivity index (χ0v) is 20.6. The highest BCUT2D eigenvalue weighted by atomic mass is 35.5. The van der Waals surface area contributed by atoms with Gasteiger partial charge in [0.15, 0.2) is 11.5 Å². The zero-order valence-electron chi connectivity index (χ0n) is 19.1. The summed E-state index contributed by atoms with van der Waals surface area (Å²) in [6, 6.07) is 15.7. The normalized spacial score (nSPS) is 10.8. The molecule has 0 radical (unpaired) electrons. The fourth-order valence-corrected chi connectivity index (χ4v) is 3.62. The lowest BCUT2D eigenvalue weighted by molar-refractivity contribution is -0.384. The number of nitriles is 1. The predicted molar refractivity (Wildman–Crippen MR) is 136 cm³/mol. The topological polar surface area (TPSA) is 124 Å². The van der Waals surface area contributed by atoms with Crippen LogP contribution in [0, 0.1) is 21.4 Å². The molecule has 0 aliphatic carbocycles. The van der Waals surface area contributed by atoms with Crippen molar-refractivity contribution in [3.63, 3.8) is 0 Å². The molecule has 1 amide bonds. The number of halogens is 2. The fourth-order valence-electron chi connectivity index (χ4n) is 3.12. The molecule has 184 valence electrons. The number of nitrogens with zero attached hydrogens (tertiary/aromatic N) is 2. The number of carbonyl (C=O) groups is 1. The second kappa shape index (κ2) is 11.9. The third kappa shape index (κ3) is 6.24. The van der Waals surface area contributed by atoms with E-state index >= 15 is 0 Å². The Balaban J connectivity index is 1.86. The minimum absolute atomic E-state index is 0.0504. The molecule has 0 heterocycles. The van der Waals surface area contributed by atoms with Gasteiger partial charge in [-0.2, -0.15) is 5.26 Å². The number of nitro groups is 1. The van der Waals surface area contributed by atoms with Crippen molar-refractivity contribution in [3.8, 4) is 23.3 Å². The SMILES string of the molecule is COc1ccc(NC(=O)/C(C#N)=C/c2ccc(OC)c(OCc3c(Cl)cccc3Cl)c2)c([N+](=O)[O-])c1. The van der Waals surface area contributed by atoms with Gasteiger partial charge in [0, 0.05) is 15.6 Å². The Bertz CT molecular complexity index is 1360. The molecule has 3 rings (SSSR count). The molecule has 0 aliphatic heterocycles. The first-order valence-electron chi connectivity index (χ1n) is 10.3. The average molecular weight is 528 g/mol. The van der Waals surface area contributed by atoms with Gasteiger partial charge in [-0.15, -0.1) is 0 Å². The van der Waals surface area contributed by atoms with Crippen LogP contribution in [0.15, 0.2) is 60.2 Å². The Morgan fingerprint density at radius 2 is 1.81 bits per heavy atom. The molecule has 0 spiro atoms. The van der Waals surface area contributed by atoms with Crippen molar-refractivity contribution in [2.24, 2.45) is 0 Å². The van der Waals surface area contributed by atoms with Crippen LogP contribution in [-0.2, 0) is 11.4 Å². The maximum Gasteiger partial charge on any atom is 0.296 e. The first-order valence-corrected chi connectivity index (χ1v) is 11.0. The Hall–Kier alpha value is -4.26. The van der Waals surface area contributed by atoms with Crippen LogP contribution in [-0.4, -0.2) is 25.1 Å². The van der Waals surface area contributed by atoms with Crippen molar-refractivity contribution in [3.05, 3.63) is 91.5 Å². The third-order valence-electron chi connectivity index (χ3n) is 4.95. The molecule has 3 aromatic carbocycles. The first-order chi connectivity index (χ1) is 17.3. The van der Waals surface area contributed by atoms with Crippen molar-refractivity contribution in [2.75, 3.05) is 19.5 Å². The van der Waals surface area contributed by atoms with E-state index in [0.29, 0.717) is 32.7 Å². The highest BCUT2D eigenvalue weighted by molar-refractivity contribution is 6.35. The lowest BCUT2D eigenvalue weighted by Gasteiger charge is -2.13. The highest BCUT2D eigenvalue weighted by Gasteiger charge is 2.19. The second-order valence-corrected chi connectivity index (χ2v) is 7.98. The number of hydrogen-bond donors (Lipinski definition) is 1. The number of hydrogen-bond acceptors (Lipinski definition) is 7. The van der Waals surface area contributed by atoms with E-state index < -0.39 is 10.8 Å². The maximum absolute atomic E-state index is 12.7. The molecule has 9 nitrogen and oxygen atoms in total. The average Bonchev–Trinajstić information content (AvgIpc) is 2.87. The van der Waals surface area contributed by atoms with Crippen molar-refractivity contribution >= 4 is 46.6 Å². The minimum Gasteiger partial charge on any atom is -0.496 e. The molecule has 0 aliphatic rings. The van der Waals surface area contributed by atoms with Crippen molar-refractivity contribution in [2.45, 2.75) is 6.61 Å². The molecule has 0 saturated carbocycles. The van der Waals surface area contributed by atoms with Crippen LogP contribution in [0.3, 0.4) is 0 Å². The van der Waals surface area contributed by atoms with Gasteiger partial charge in [0.1, 0.15) is 29.7 Å². The van der Waals surface area contributed by atoms with E-state index in [9.17, 15) is 20.2 Å². The van der Waals surface area contributed by atoms with Gasteiger partial charge in [-0.05, 0) is 48.0 Å². The zero-order chi connectivity index (χ0) is 26.2. The summed E-state index contributed by atoms with van der Waals surface area (Å²) >= 11 is 12.4. The number of nitro benzene ring substituents is 1. The van der Waals surface area contributed by atoms with E-state index in [-0.39, 0.29) is 29.3 Å². The number of nitrogens with one attached hydrogen (secondary N) is 1. The summed E-state index contributed by atoms with van der Waals surface area (Å²) in [6.07, 6.45) is 1.32. The summed E-state index contributed by atoms with van der Waals surface area (Å²) in [5.41, 5.74) is 0.292. The first kappa shape index (κ1) is 26.3. The molecule has 0 bridgehead atoms. The Labute approximate surface area is 216 Å². The van der Waals surface area contributed by atoms with Gasteiger partial charge in [-0.3, -0.25) is 14.9 Å². The van der Waals surface area contributed by atoms with Crippen LogP contribution >= 0.6 is 23.2 Å². The largest absolute Gasteiger partial charge is 0.496 e. The van der Waals surface area contributed by atoms with E-state index in [1.165, 1.54) is 38.5 Å². The molecule has 36 heavy (non-hydrogen) atoms. The fraction of sp³-hybridized carbons (Fsp3) is 0.120. The van der Waals surface area contributed by atoms with Crippen LogP contribution in [0.25, 0.3) is 6.08 Å². The number of benzene rings is 3. The van der Waals surface area contributed by atoms with Gasteiger partial charge in [0.05, 0.1) is 25.2 Å². The van der Waals surface area contributed by atoms with Crippen molar-refractivity contribution in [1.82, 2.24) is 0 Å². The maximum atomic E-state index is 12.7. The Morgan fingerprint density at radius 3 is 2.42 bits per heavy atom. The molecular weight excluding hydrogens is 509 g/mol. The number of rotatable bonds is 9. The molecule has 0 aromatic heterocycles. The highest BCUT2D eigenvalue weighted by Crippen LogP contribution is 2.33. The quantitative estimate of drug-likeness (QED) is 0.155. The minimum atomic E-state index is -0.827. The summed E-state index contributed by atoms with van der Waals surface area (Å²) in [5.74, 6) is 0.157.